The molecule has 3 rings (SSSR count). The number of hydrogen-bond donors (Lipinski definition) is 2. The summed E-state index contributed by atoms with van der Waals surface area (Å²) >= 11 is 1.65. The zero-order valence-electron chi connectivity index (χ0n) is 17.0. The number of carbonyl (C=O) groups is 1. The summed E-state index contributed by atoms with van der Waals surface area (Å²) in [6.45, 7) is 0.570. The van der Waals surface area contributed by atoms with Crippen LogP contribution in [-0.2, 0) is 27.7 Å². The van der Waals surface area contributed by atoms with Crippen LogP contribution >= 0.6 is 11.3 Å². The van der Waals surface area contributed by atoms with Crippen LogP contribution < -0.4 is 10.0 Å². The summed E-state index contributed by atoms with van der Waals surface area (Å²) in [5, 5.41) is 4.93. The fourth-order valence-corrected chi connectivity index (χ4v) is 5.58. The first-order chi connectivity index (χ1) is 13.9. The lowest BCUT2D eigenvalue weighted by Crippen LogP contribution is -2.36. The Bertz CT molecular complexity index is 925. The third-order valence-corrected chi connectivity index (χ3v) is 7.69. The highest BCUT2D eigenvalue weighted by atomic mass is 32.2. The Morgan fingerprint density at radius 3 is 2.62 bits per heavy atom. The quantitative estimate of drug-likeness (QED) is 0.635. The van der Waals surface area contributed by atoms with Crippen LogP contribution in [0.2, 0.25) is 0 Å². The summed E-state index contributed by atoms with van der Waals surface area (Å²) < 4.78 is 27.7. The van der Waals surface area contributed by atoms with Crippen molar-refractivity contribution in [3.05, 3.63) is 51.7 Å². The second-order valence-electron chi connectivity index (χ2n) is 7.58. The van der Waals surface area contributed by atoms with Crippen LogP contribution in [0.15, 0.2) is 40.6 Å². The van der Waals surface area contributed by atoms with Gasteiger partial charge in [0.05, 0.1) is 10.9 Å². The molecule has 0 bridgehead atoms. The lowest BCUT2D eigenvalue weighted by molar-refractivity contribution is -0.121. The molecule has 2 N–H and O–H groups in total. The van der Waals surface area contributed by atoms with E-state index >= 15 is 0 Å². The van der Waals surface area contributed by atoms with Crippen molar-refractivity contribution in [3.63, 3.8) is 0 Å². The molecule has 1 unspecified atom stereocenters. The van der Waals surface area contributed by atoms with Gasteiger partial charge in [-0.05, 0) is 74.5 Å². The summed E-state index contributed by atoms with van der Waals surface area (Å²) in [5.41, 5.74) is 2.37. The smallest absolute Gasteiger partial charge is 0.240 e. The van der Waals surface area contributed by atoms with Gasteiger partial charge in [0.2, 0.25) is 15.9 Å². The molecular formula is C21H29N3O3S2. The van der Waals surface area contributed by atoms with E-state index in [4.69, 9.17) is 0 Å². The number of nitrogens with one attached hydrogen (secondary N) is 2. The molecule has 0 spiro atoms. The Morgan fingerprint density at radius 2 is 1.93 bits per heavy atom. The van der Waals surface area contributed by atoms with Crippen molar-refractivity contribution in [2.24, 2.45) is 0 Å². The van der Waals surface area contributed by atoms with Crippen LogP contribution in [0.25, 0.3) is 0 Å². The second kappa shape index (κ2) is 9.84. The lowest BCUT2D eigenvalue weighted by Gasteiger charge is -2.23. The molecule has 0 radical (unpaired) electrons. The van der Waals surface area contributed by atoms with Gasteiger partial charge in [0.15, 0.2) is 0 Å². The maximum atomic E-state index is 12.6. The minimum Gasteiger partial charge on any atom is -0.354 e. The molecule has 8 heteroatoms. The Morgan fingerprint density at radius 1 is 1.17 bits per heavy atom. The molecule has 0 saturated carbocycles. The highest BCUT2D eigenvalue weighted by Crippen LogP contribution is 2.24. The minimum atomic E-state index is -3.61. The van der Waals surface area contributed by atoms with Gasteiger partial charge in [-0.2, -0.15) is 0 Å². The van der Waals surface area contributed by atoms with Gasteiger partial charge in [-0.3, -0.25) is 4.79 Å². The zero-order valence-corrected chi connectivity index (χ0v) is 18.6. The van der Waals surface area contributed by atoms with Gasteiger partial charge in [0.1, 0.15) is 0 Å². The number of carbonyl (C=O) groups excluding carboxylic acids is 1. The second-order valence-corrected chi connectivity index (χ2v) is 10.3. The number of aryl methyl sites for hydroxylation is 2. The molecule has 1 aliphatic rings. The molecule has 0 saturated heterocycles. The topological polar surface area (TPSA) is 78.5 Å². The van der Waals surface area contributed by atoms with Gasteiger partial charge < -0.3 is 10.2 Å². The maximum absolute atomic E-state index is 12.6. The van der Waals surface area contributed by atoms with Gasteiger partial charge in [-0.1, -0.05) is 12.1 Å². The zero-order chi connectivity index (χ0) is 20.9. The number of hydrogen-bond acceptors (Lipinski definition) is 5. The van der Waals surface area contributed by atoms with Crippen LogP contribution in [0.1, 0.15) is 41.3 Å². The molecule has 0 fully saturated rings. The standard InChI is InChI=1S/C21H29N3O3S2/c1-24(2)19(20-8-5-13-28-20)15-22-21(25)11-12-23-29(26,27)18-10-9-16-6-3-4-7-17(16)14-18/h5,8-10,13-14,19,23H,3-4,6-7,11-12,15H2,1-2H3,(H,22,25). The van der Waals surface area contributed by atoms with Gasteiger partial charge in [0.25, 0.3) is 0 Å². The largest absolute Gasteiger partial charge is 0.354 e. The Balaban J connectivity index is 1.49. The average molecular weight is 436 g/mol. The number of benzene rings is 1. The monoisotopic (exact) mass is 435 g/mol. The summed E-state index contributed by atoms with van der Waals surface area (Å²) in [6, 6.07) is 9.50. The van der Waals surface area contributed by atoms with E-state index < -0.39 is 10.0 Å². The number of likely N-dealkylation sites (N-methyl/N-ethyl adjacent to an activating group) is 1. The highest BCUT2D eigenvalue weighted by molar-refractivity contribution is 7.89. The molecule has 158 valence electrons. The molecule has 2 aromatic rings. The van der Waals surface area contributed by atoms with Crippen molar-refractivity contribution >= 4 is 27.3 Å². The number of fused-ring (bicyclic) bond motifs is 1. The molecule has 1 aliphatic carbocycles. The van der Waals surface area contributed by atoms with Crippen LogP contribution in [0, 0.1) is 0 Å². The van der Waals surface area contributed by atoms with E-state index in [0.29, 0.717) is 6.54 Å². The van der Waals surface area contributed by atoms with Crippen molar-refractivity contribution < 1.29 is 13.2 Å². The molecule has 1 heterocycles. The summed E-state index contributed by atoms with van der Waals surface area (Å²) in [6.07, 6.45) is 4.31. The number of sulfonamides is 1. The third-order valence-electron chi connectivity index (χ3n) is 5.26. The van der Waals surface area contributed by atoms with Crippen molar-refractivity contribution in [1.29, 1.82) is 0 Å². The van der Waals surface area contributed by atoms with Gasteiger partial charge in [0, 0.05) is 24.4 Å². The fraction of sp³-hybridized carbons (Fsp3) is 0.476. The van der Waals surface area contributed by atoms with Crippen molar-refractivity contribution in [2.75, 3.05) is 27.2 Å². The third kappa shape index (κ3) is 5.88. The van der Waals surface area contributed by atoms with Crippen molar-refractivity contribution in [3.8, 4) is 0 Å². The molecule has 6 nitrogen and oxygen atoms in total. The van der Waals surface area contributed by atoms with Gasteiger partial charge in [-0.25, -0.2) is 13.1 Å². The van der Waals surface area contributed by atoms with E-state index in [0.717, 1.165) is 31.2 Å². The predicted octanol–water partition coefficient (Wildman–Crippen LogP) is 2.71. The van der Waals surface area contributed by atoms with Gasteiger partial charge in [-0.15, -0.1) is 11.3 Å². The molecule has 0 aliphatic heterocycles. The Hall–Kier alpha value is -1.74. The average Bonchev–Trinajstić information content (AvgIpc) is 3.21. The Labute approximate surface area is 177 Å². The first-order valence-corrected chi connectivity index (χ1v) is 12.3. The molecule has 1 aromatic heterocycles. The van der Waals surface area contributed by atoms with Crippen molar-refractivity contribution in [2.45, 2.75) is 43.0 Å². The van der Waals surface area contributed by atoms with E-state index in [1.807, 2.05) is 37.7 Å². The van der Waals surface area contributed by atoms with Crippen LogP contribution in [0.4, 0.5) is 0 Å². The Kier molecular flexibility index (Phi) is 7.45. The molecular weight excluding hydrogens is 406 g/mol. The maximum Gasteiger partial charge on any atom is 0.240 e. The van der Waals surface area contributed by atoms with Crippen LogP contribution in [0.3, 0.4) is 0 Å². The van der Waals surface area contributed by atoms with E-state index in [1.54, 1.807) is 23.5 Å². The summed E-state index contributed by atoms with van der Waals surface area (Å²) in [4.78, 5) is 15.7. The predicted molar refractivity (Wildman–Crippen MR) is 117 cm³/mol. The van der Waals surface area contributed by atoms with Crippen LogP contribution in [-0.4, -0.2) is 46.4 Å². The fourth-order valence-electron chi connectivity index (χ4n) is 3.58. The normalized spacial score (nSPS) is 15.1. The van der Waals surface area contributed by atoms with Gasteiger partial charge >= 0.3 is 0 Å². The van der Waals surface area contributed by atoms with E-state index in [2.05, 4.69) is 14.9 Å². The number of rotatable bonds is 9. The van der Waals surface area contributed by atoms with E-state index in [9.17, 15) is 13.2 Å². The number of thiophene rings is 1. The number of nitrogens with zero attached hydrogens (tertiary/aromatic N) is 1. The van der Waals surface area contributed by atoms with Crippen LogP contribution in [0.5, 0.6) is 0 Å². The summed E-state index contributed by atoms with van der Waals surface area (Å²) in [7, 11) is 0.345. The molecule has 1 atom stereocenters. The first-order valence-electron chi connectivity index (χ1n) is 9.95. The molecule has 1 amide bonds. The van der Waals surface area contributed by atoms with E-state index in [1.165, 1.54) is 10.4 Å². The SMILES string of the molecule is CN(C)C(CNC(=O)CCNS(=O)(=O)c1ccc2c(c1)CCCC2)c1cccs1. The number of amides is 1. The molecule has 29 heavy (non-hydrogen) atoms. The highest BCUT2D eigenvalue weighted by Gasteiger charge is 2.19. The van der Waals surface area contributed by atoms with E-state index in [-0.39, 0.29) is 29.8 Å². The first kappa shape index (κ1) is 22.0. The molecule has 1 aromatic carbocycles. The minimum absolute atomic E-state index is 0.0802. The summed E-state index contributed by atoms with van der Waals surface area (Å²) in [5.74, 6) is -0.165. The lowest BCUT2D eigenvalue weighted by atomic mass is 9.92. The van der Waals surface area contributed by atoms with Crippen molar-refractivity contribution in [1.82, 2.24) is 14.9 Å².